The van der Waals surface area contributed by atoms with E-state index in [0.29, 0.717) is 0 Å². The fourth-order valence-corrected chi connectivity index (χ4v) is 9.63. The van der Waals surface area contributed by atoms with Crippen LogP contribution in [0.3, 0.4) is 0 Å². The van der Waals surface area contributed by atoms with E-state index >= 15 is 0 Å². The van der Waals surface area contributed by atoms with Crippen molar-refractivity contribution in [2.75, 3.05) is 0 Å². The zero-order chi connectivity index (χ0) is 19.8. The lowest BCUT2D eigenvalue weighted by Crippen LogP contribution is -2.63. The maximum atomic E-state index is 2.59. The lowest BCUT2D eigenvalue weighted by molar-refractivity contribution is 0.864. The van der Waals surface area contributed by atoms with E-state index in [1.165, 1.54) is 27.5 Å². The minimum atomic E-state index is -2.07. The Labute approximate surface area is 167 Å². The average Bonchev–Trinajstić information content (AvgIpc) is 2.91. The number of allylic oxidation sites excluding steroid dienone is 4. The van der Waals surface area contributed by atoms with Gasteiger partial charge in [-0.25, -0.2) is 0 Å². The third-order valence-corrected chi connectivity index (χ3v) is 12.8. The molecule has 0 heterocycles. The summed E-state index contributed by atoms with van der Waals surface area (Å²) in [6, 6.07) is 18.7. The molecule has 0 fully saturated rings. The third-order valence-electron chi connectivity index (χ3n) is 7.27. The summed E-state index contributed by atoms with van der Waals surface area (Å²) in [6.07, 6.45) is 4.76. The summed E-state index contributed by atoms with van der Waals surface area (Å²) in [4.78, 5) is 0. The Kier molecular flexibility index (Phi) is 5.36. The number of benzene rings is 2. The summed E-state index contributed by atoms with van der Waals surface area (Å²) in [5.41, 5.74) is 7.43. The van der Waals surface area contributed by atoms with Crippen LogP contribution in [0.5, 0.6) is 0 Å². The van der Waals surface area contributed by atoms with Gasteiger partial charge in [0, 0.05) is 5.04 Å². The molecular weight excluding hydrogens is 340 g/mol. The molecule has 0 saturated carbocycles. The molecule has 1 aliphatic rings. The quantitative estimate of drug-likeness (QED) is 0.558. The lowest BCUT2D eigenvalue weighted by atomic mass is 10.0. The second-order valence-corrected chi connectivity index (χ2v) is 13.0. The highest BCUT2D eigenvalue weighted by molar-refractivity contribution is 7.04. The molecule has 2 atom stereocenters. The van der Waals surface area contributed by atoms with Crippen LogP contribution in [0.25, 0.3) is 0 Å². The van der Waals surface area contributed by atoms with Gasteiger partial charge in [0.25, 0.3) is 0 Å². The van der Waals surface area contributed by atoms with E-state index in [4.69, 9.17) is 0 Å². The standard InChI is InChI=1S/C26H34Si/c1-8-22-15-23(9-2)17-25(16-22)27(7,24-13-11-10-12-14-24)26(6)18-19(3)20(4)21(26)5/h10-18H,8-9H2,1-7H3. The lowest BCUT2D eigenvalue weighted by Gasteiger charge is -2.44. The summed E-state index contributed by atoms with van der Waals surface area (Å²) in [6.45, 7) is 16.6. The smallest absolute Gasteiger partial charge is 0.0733 e. The van der Waals surface area contributed by atoms with Crippen molar-refractivity contribution in [2.45, 2.75) is 66.0 Å². The SMILES string of the molecule is CCc1cc(CC)cc([Si](C)(c2ccccc2)C2(C)C=C(C)C(C)=C2C)c1. The van der Waals surface area contributed by atoms with Crippen molar-refractivity contribution in [1.29, 1.82) is 0 Å². The van der Waals surface area contributed by atoms with E-state index in [9.17, 15) is 0 Å². The molecular formula is C26H34Si. The molecule has 2 unspecified atom stereocenters. The Hall–Kier alpha value is -1.86. The van der Waals surface area contributed by atoms with Crippen molar-refractivity contribution >= 4 is 18.4 Å². The molecule has 0 aromatic heterocycles. The van der Waals surface area contributed by atoms with Crippen molar-refractivity contribution in [3.8, 4) is 0 Å². The van der Waals surface area contributed by atoms with Crippen LogP contribution in [0.1, 0.15) is 52.7 Å². The first-order valence-corrected chi connectivity index (χ1v) is 12.8. The van der Waals surface area contributed by atoms with Crippen LogP contribution in [-0.4, -0.2) is 8.07 Å². The van der Waals surface area contributed by atoms with Crippen LogP contribution in [0.15, 0.2) is 71.3 Å². The van der Waals surface area contributed by atoms with Gasteiger partial charge in [-0.15, -0.1) is 0 Å². The maximum absolute atomic E-state index is 2.59. The van der Waals surface area contributed by atoms with Crippen molar-refractivity contribution < 1.29 is 0 Å². The fraction of sp³-hybridized carbons (Fsp3) is 0.385. The van der Waals surface area contributed by atoms with Crippen LogP contribution >= 0.6 is 0 Å². The van der Waals surface area contributed by atoms with Crippen LogP contribution < -0.4 is 10.4 Å². The van der Waals surface area contributed by atoms with Gasteiger partial charge in [0.1, 0.15) is 8.07 Å². The Morgan fingerprint density at radius 3 is 1.81 bits per heavy atom. The van der Waals surface area contributed by atoms with Gasteiger partial charge in [0.15, 0.2) is 0 Å². The van der Waals surface area contributed by atoms with E-state index in [-0.39, 0.29) is 5.04 Å². The monoisotopic (exact) mass is 374 g/mol. The molecule has 0 radical (unpaired) electrons. The first-order chi connectivity index (χ1) is 12.8. The molecule has 3 rings (SSSR count). The van der Waals surface area contributed by atoms with Gasteiger partial charge in [-0.1, -0.05) is 103 Å². The number of aryl methyl sites for hydroxylation is 2. The van der Waals surface area contributed by atoms with Crippen LogP contribution in [-0.2, 0) is 12.8 Å². The van der Waals surface area contributed by atoms with Gasteiger partial charge >= 0.3 is 0 Å². The fourth-order valence-electron chi connectivity index (χ4n) is 4.85. The highest BCUT2D eigenvalue weighted by Gasteiger charge is 2.51. The van der Waals surface area contributed by atoms with E-state index in [2.05, 4.69) is 103 Å². The first-order valence-electron chi connectivity index (χ1n) is 10.3. The zero-order valence-corrected chi connectivity index (χ0v) is 19.1. The van der Waals surface area contributed by atoms with Gasteiger partial charge in [-0.3, -0.25) is 0 Å². The molecule has 27 heavy (non-hydrogen) atoms. The van der Waals surface area contributed by atoms with Crippen molar-refractivity contribution in [2.24, 2.45) is 0 Å². The molecule has 0 N–H and O–H groups in total. The normalized spacial score (nSPS) is 22.0. The van der Waals surface area contributed by atoms with Gasteiger partial charge in [0.2, 0.25) is 0 Å². The third kappa shape index (κ3) is 3.06. The molecule has 2 aromatic rings. The highest BCUT2D eigenvalue weighted by Crippen LogP contribution is 2.52. The summed E-state index contributed by atoms with van der Waals surface area (Å²) in [5, 5.41) is 3.20. The van der Waals surface area contributed by atoms with Gasteiger partial charge < -0.3 is 0 Å². The molecule has 0 nitrogen and oxygen atoms in total. The highest BCUT2D eigenvalue weighted by atomic mass is 28.3. The molecule has 0 aliphatic heterocycles. The zero-order valence-electron chi connectivity index (χ0n) is 18.1. The van der Waals surface area contributed by atoms with E-state index in [0.717, 1.165) is 12.8 Å². The van der Waals surface area contributed by atoms with E-state index in [1.54, 1.807) is 10.8 Å². The van der Waals surface area contributed by atoms with Gasteiger partial charge in [-0.2, -0.15) is 0 Å². The topological polar surface area (TPSA) is 0 Å². The first kappa shape index (κ1) is 19.9. The Morgan fingerprint density at radius 2 is 1.37 bits per heavy atom. The molecule has 0 bridgehead atoms. The largest absolute Gasteiger partial charge is 0.128 e. The Bertz CT molecular complexity index is 881. The average molecular weight is 375 g/mol. The predicted molar refractivity (Wildman–Crippen MR) is 123 cm³/mol. The van der Waals surface area contributed by atoms with Crippen LogP contribution in [0.4, 0.5) is 0 Å². The van der Waals surface area contributed by atoms with E-state index < -0.39 is 8.07 Å². The number of hydrogen-bond donors (Lipinski definition) is 0. The molecule has 2 aromatic carbocycles. The summed E-state index contributed by atoms with van der Waals surface area (Å²) in [5.74, 6) is 0. The van der Waals surface area contributed by atoms with Crippen LogP contribution in [0.2, 0.25) is 11.6 Å². The molecule has 142 valence electrons. The van der Waals surface area contributed by atoms with Crippen molar-refractivity contribution in [3.05, 3.63) is 82.5 Å². The molecule has 1 heteroatoms. The van der Waals surface area contributed by atoms with Gasteiger partial charge in [-0.05, 0) is 50.3 Å². The number of hydrogen-bond acceptors (Lipinski definition) is 0. The predicted octanol–water partition coefficient (Wildman–Crippen LogP) is 6.06. The van der Waals surface area contributed by atoms with E-state index in [1.807, 2.05) is 0 Å². The maximum Gasteiger partial charge on any atom is 0.128 e. The summed E-state index contributed by atoms with van der Waals surface area (Å²) in [7, 11) is -2.07. The Balaban J connectivity index is 2.35. The minimum absolute atomic E-state index is 0.0971. The molecule has 0 saturated heterocycles. The summed E-state index contributed by atoms with van der Waals surface area (Å²) < 4.78 is 0. The second-order valence-electron chi connectivity index (χ2n) is 8.52. The van der Waals surface area contributed by atoms with Gasteiger partial charge in [0.05, 0.1) is 0 Å². The molecule has 1 aliphatic carbocycles. The number of rotatable bonds is 5. The molecule has 0 spiro atoms. The summed E-state index contributed by atoms with van der Waals surface area (Å²) >= 11 is 0. The Morgan fingerprint density at radius 1 is 0.815 bits per heavy atom. The van der Waals surface area contributed by atoms with Crippen molar-refractivity contribution in [3.63, 3.8) is 0 Å². The second kappa shape index (κ2) is 7.28. The van der Waals surface area contributed by atoms with Crippen molar-refractivity contribution in [1.82, 2.24) is 0 Å². The van der Waals surface area contributed by atoms with Crippen LogP contribution in [0, 0.1) is 0 Å². The molecule has 0 amide bonds. The minimum Gasteiger partial charge on any atom is -0.0733 e.